The van der Waals surface area contributed by atoms with Crippen LogP contribution in [0.1, 0.15) is 18.2 Å². The van der Waals surface area contributed by atoms with Crippen molar-refractivity contribution in [1.82, 2.24) is 10.1 Å². The molecule has 2 heterocycles. The normalized spacial score (nSPS) is 16.5. The quantitative estimate of drug-likeness (QED) is 0.672. The standard InChI is InChI=1S/C20H18FN3O4/c1-26-15-6-4-14(5-7-15)24-11-13(10-18(24)25)19-22-20(28-23-19)12-3-8-17(27-2)16(21)9-12/h3-9,13H,10-11H2,1-2H3/t13-/m0/s1. The number of benzene rings is 2. The minimum absolute atomic E-state index is 0.0167. The molecule has 0 saturated carbocycles. The first kappa shape index (κ1) is 18.0. The van der Waals surface area contributed by atoms with E-state index in [-0.39, 0.29) is 29.9 Å². The topological polar surface area (TPSA) is 77.7 Å². The van der Waals surface area contributed by atoms with Crippen molar-refractivity contribution in [2.24, 2.45) is 0 Å². The van der Waals surface area contributed by atoms with Gasteiger partial charge in [-0.3, -0.25) is 4.79 Å². The number of methoxy groups -OCH3 is 2. The summed E-state index contributed by atoms with van der Waals surface area (Å²) in [6.45, 7) is 0.446. The Bertz CT molecular complexity index is 1000. The number of amides is 1. The average Bonchev–Trinajstić information content (AvgIpc) is 3.35. The maximum atomic E-state index is 13.9. The molecule has 0 spiro atoms. The van der Waals surface area contributed by atoms with Crippen LogP contribution in [0, 0.1) is 5.82 Å². The molecule has 8 heteroatoms. The van der Waals surface area contributed by atoms with Crippen molar-refractivity contribution in [3.05, 3.63) is 54.1 Å². The fraction of sp³-hybridized carbons (Fsp3) is 0.250. The summed E-state index contributed by atoms with van der Waals surface area (Å²) in [6, 6.07) is 11.7. The molecule has 1 aliphatic heterocycles. The van der Waals surface area contributed by atoms with Crippen LogP contribution in [-0.4, -0.2) is 36.8 Å². The molecule has 0 N–H and O–H groups in total. The molecule has 4 rings (SSSR count). The molecular formula is C20H18FN3O4. The molecule has 2 aromatic carbocycles. The summed E-state index contributed by atoms with van der Waals surface area (Å²) in [6.07, 6.45) is 0.280. The van der Waals surface area contributed by atoms with E-state index in [9.17, 15) is 9.18 Å². The number of ether oxygens (including phenoxy) is 2. The second-order valence-electron chi connectivity index (χ2n) is 6.41. The molecule has 1 amide bonds. The molecule has 0 aliphatic carbocycles. The fourth-order valence-corrected chi connectivity index (χ4v) is 3.21. The van der Waals surface area contributed by atoms with Gasteiger partial charge in [-0.05, 0) is 42.5 Å². The van der Waals surface area contributed by atoms with Gasteiger partial charge in [0.1, 0.15) is 5.75 Å². The molecule has 1 atom stereocenters. The number of aromatic nitrogens is 2. The first-order valence-corrected chi connectivity index (χ1v) is 8.71. The average molecular weight is 383 g/mol. The number of nitrogens with zero attached hydrogens (tertiary/aromatic N) is 3. The van der Waals surface area contributed by atoms with E-state index in [4.69, 9.17) is 14.0 Å². The zero-order valence-corrected chi connectivity index (χ0v) is 15.4. The fourth-order valence-electron chi connectivity index (χ4n) is 3.21. The third kappa shape index (κ3) is 3.28. The Balaban J connectivity index is 1.52. The molecule has 1 aliphatic rings. The number of carbonyl (C=O) groups excluding carboxylic acids is 1. The largest absolute Gasteiger partial charge is 0.497 e. The van der Waals surface area contributed by atoms with Gasteiger partial charge in [-0.1, -0.05) is 5.16 Å². The lowest BCUT2D eigenvalue weighted by Crippen LogP contribution is -2.24. The highest BCUT2D eigenvalue weighted by atomic mass is 19.1. The second kappa shape index (κ2) is 7.30. The van der Waals surface area contributed by atoms with Crippen LogP contribution in [0.5, 0.6) is 11.5 Å². The number of halogens is 1. The summed E-state index contributed by atoms with van der Waals surface area (Å²) in [5, 5.41) is 4.00. The number of hydrogen-bond acceptors (Lipinski definition) is 6. The van der Waals surface area contributed by atoms with Crippen LogP contribution in [-0.2, 0) is 4.79 Å². The zero-order chi connectivity index (χ0) is 19.7. The maximum Gasteiger partial charge on any atom is 0.258 e. The van der Waals surface area contributed by atoms with Crippen LogP contribution in [0.4, 0.5) is 10.1 Å². The van der Waals surface area contributed by atoms with Gasteiger partial charge < -0.3 is 18.9 Å². The van der Waals surface area contributed by atoms with E-state index in [0.717, 1.165) is 11.4 Å². The van der Waals surface area contributed by atoms with Gasteiger partial charge in [0.2, 0.25) is 5.91 Å². The highest BCUT2D eigenvalue weighted by Gasteiger charge is 2.34. The van der Waals surface area contributed by atoms with E-state index in [1.54, 1.807) is 30.2 Å². The van der Waals surface area contributed by atoms with E-state index in [1.165, 1.54) is 19.2 Å². The number of carbonyl (C=O) groups is 1. The molecule has 1 aromatic heterocycles. The summed E-state index contributed by atoms with van der Waals surface area (Å²) in [5.74, 6) is 0.762. The molecule has 0 radical (unpaired) electrons. The minimum atomic E-state index is -0.513. The number of anilines is 1. The lowest BCUT2D eigenvalue weighted by molar-refractivity contribution is -0.117. The van der Waals surface area contributed by atoms with Crippen molar-refractivity contribution < 1.29 is 23.2 Å². The van der Waals surface area contributed by atoms with Gasteiger partial charge in [0.25, 0.3) is 5.89 Å². The van der Waals surface area contributed by atoms with Gasteiger partial charge in [-0.15, -0.1) is 0 Å². The van der Waals surface area contributed by atoms with Crippen molar-refractivity contribution >= 4 is 11.6 Å². The van der Waals surface area contributed by atoms with E-state index >= 15 is 0 Å². The predicted molar refractivity (Wildman–Crippen MR) is 98.9 cm³/mol. The smallest absolute Gasteiger partial charge is 0.258 e. The van der Waals surface area contributed by atoms with Crippen molar-refractivity contribution in [1.29, 1.82) is 0 Å². The van der Waals surface area contributed by atoms with Gasteiger partial charge >= 0.3 is 0 Å². The summed E-state index contributed by atoms with van der Waals surface area (Å²) >= 11 is 0. The summed E-state index contributed by atoms with van der Waals surface area (Å²) in [4.78, 5) is 18.5. The summed E-state index contributed by atoms with van der Waals surface area (Å²) in [5.41, 5.74) is 1.24. The Morgan fingerprint density at radius 3 is 2.61 bits per heavy atom. The first-order valence-electron chi connectivity index (χ1n) is 8.71. The van der Waals surface area contributed by atoms with E-state index < -0.39 is 5.82 Å². The van der Waals surface area contributed by atoms with Gasteiger partial charge in [-0.2, -0.15) is 4.98 Å². The van der Waals surface area contributed by atoms with Crippen molar-refractivity contribution in [2.75, 3.05) is 25.7 Å². The molecule has 1 fully saturated rings. The molecular weight excluding hydrogens is 365 g/mol. The van der Waals surface area contributed by atoms with Crippen LogP contribution in [0.2, 0.25) is 0 Å². The molecule has 7 nitrogen and oxygen atoms in total. The Hall–Kier alpha value is -3.42. The third-order valence-electron chi connectivity index (χ3n) is 4.71. The van der Waals surface area contributed by atoms with Gasteiger partial charge in [0.05, 0.1) is 14.2 Å². The number of hydrogen-bond donors (Lipinski definition) is 0. The van der Waals surface area contributed by atoms with Crippen LogP contribution >= 0.6 is 0 Å². The minimum Gasteiger partial charge on any atom is -0.497 e. The SMILES string of the molecule is COc1ccc(N2C[C@@H](c3noc(-c4ccc(OC)c(F)c4)n3)CC2=O)cc1. The molecule has 28 heavy (non-hydrogen) atoms. The highest BCUT2D eigenvalue weighted by molar-refractivity contribution is 5.96. The third-order valence-corrected chi connectivity index (χ3v) is 4.71. The van der Waals surface area contributed by atoms with Gasteiger partial charge in [-0.25, -0.2) is 4.39 Å². The lowest BCUT2D eigenvalue weighted by Gasteiger charge is -2.16. The Kier molecular flexibility index (Phi) is 4.68. The van der Waals surface area contributed by atoms with Crippen molar-refractivity contribution in [3.8, 4) is 23.0 Å². The number of rotatable bonds is 5. The summed E-state index contributed by atoms with van der Waals surface area (Å²) in [7, 11) is 2.99. The lowest BCUT2D eigenvalue weighted by atomic mass is 10.1. The van der Waals surface area contributed by atoms with Crippen LogP contribution in [0.3, 0.4) is 0 Å². The van der Waals surface area contributed by atoms with Gasteiger partial charge in [0.15, 0.2) is 17.4 Å². The van der Waals surface area contributed by atoms with Gasteiger partial charge in [0, 0.05) is 30.1 Å². The van der Waals surface area contributed by atoms with E-state index in [2.05, 4.69) is 10.1 Å². The van der Waals surface area contributed by atoms with E-state index in [0.29, 0.717) is 17.9 Å². The Morgan fingerprint density at radius 2 is 1.93 bits per heavy atom. The summed E-state index contributed by atoms with van der Waals surface area (Å²) < 4.78 is 29.3. The van der Waals surface area contributed by atoms with Crippen LogP contribution in [0.15, 0.2) is 47.0 Å². The monoisotopic (exact) mass is 383 g/mol. The maximum absolute atomic E-state index is 13.9. The molecule has 1 saturated heterocycles. The molecule has 0 unspecified atom stereocenters. The Morgan fingerprint density at radius 1 is 1.14 bits per heavy atom. The molecule has 0 bridgehead atoms. The predicted octanol–water partition coefficient (Wildman–Crippen LogP) is 3.41. The van der Waals surface area contributed by atoms with Crippen LogP contribution < -0.4 is 14.4 Å². The molecule has 144 valence electrons. The van der Waals surface area contributed by atoms with Crippen LogP contribution in [0.25, 0.3) is 11.5 Å². The van der Waals surface area contributed by atoms with Crippen molar-refractivity contribution in [2.45, 2.75) is 12.3 Å². The first-order chi connectivity index (χ1) is 13.6. The zero-order valence-electron chi connectivity index (χ0n) is 15.4. The van der Waals surface area contributed by atoms with Crippen molar-refractivity contribution in [3.63, 3.8) is 0 Å². The van der Waals surface area contributed by atoms with E-state index in [1.807, 2.05) is 12.1 Å². The molecule has 3 aromatic rings. The Labute approximate surface area is 160 Å². The second-order valence-corrected chi connectivity index (χ2v) is 6.41. The highest BCUT2D eigenvalue weighted by Crippen LogP contribution is 2.32.